The molecule has 166 valence electrons. The first kappa shape index (κ1) is 23.0. The maximum absolute atomic E-state index is 13.1. The Morgan fingerprint density at radius 3 is 2.45 bits per heavy atom. The third-order valence-electron chi connectivity index (χ3n) is 4.97. The van der Waals surface area contributed by atoms with Crippen LogP contribution in [0.25, 0.3) is 11.5 Å². The fourth-order valence-electron chi connectivity index (χ4n) is 3.01. The molecule has 0 fully saturated rings. The molecule has 0 saturated heterocycles. The molecule has 1 unspecified atom stereocenters. The molecule has 0 radical (unpaired) electrons. The van der Waals surface area contributed by atoms with Gasteiger partial charge in [0, 0.05) is 31.6 Å². The molecule has 0 aliphatic carbocycles. The minimum atomic E-state index is -3.87. The second-order valence-corrected chi connectivity index (χ2v) is 9.41. The van der Waals surface area contributed by atoms with Gasteiger partial charge in [-0.1, -0.05) is 31.5 Å². The van der Waals surface area contributed by atoms with Gasteiger partial charge in [-0.25, -0.2) is 18.4 Å². The number of anilines is 1. The molecule has 0 amide bonds. The number of nitrogens with zero attached hydrogens (tertiary/aromatic N) is 6. The van der Waals surface area contributed by atoms with Crippen LogP contribution in [0.1, 0.15) is 45.2 Å². The first-order chi connectivity index (χ1) is 14.8. The predicted molar refractivity (Wildman–Crippen MR) is 117 cm³/mol. The predicted octanol–water partition coefficient (Wildman–Crippen LogP) is 3.27. The average molecular weight is 466 g/mol. The van der Waals surface area contributed by atoms with Gasteiger partial charge in [-0.2, -0.15) is 0 Å². The molecule has 0 bridgehead atoms. The Morgan fingerprint density at radius 1 is 1.16 bits per heavy atom. The van der Waals surface area contributed by atoms with Gasteiger partial charge < -0.3 is 4.74 Å². The molecule has 0 saturated carbocycles. The molecule has 10 nitrogen and oxygen atoms in total. The minimum absolute atomic E-state index is 0.0467. The van der Waals surface area contributed by atoms with Crippen LogP contribution in [0.3, 0.4) is 0 Å². The largest absolute Gasteiger partial charge is 0.361 e. The third-order valence-corrected chi connectivity index (χ3v) is 7.02. The van der Waals surface area contributed by atoms with Gasteiger partial charge in [0.25, 0.3) is 0 Å². The van der Waals surface area contributed by atoms with E-state index in [0.717, 1.165) is 0 Å². The maximum atomic E-state index is 13.1. The first-order valence-corrected chi connectivity index (χ1v) is 11.6. The molecular weight excluding hydrogens is 442 g/mol. The van der Waals surface area contributed by atoms with E-state index in [4.69, 9.17) is 16.3 Å². The molecule has 12 heteroatoms. The van der Waals surface area contributed by atoms with Crippen molar-refractivity contribution < 1.29 is 13.2 Å². The van der Waals surface area contributed by atoms with E-state index in [9.17, 15) is 8.42 Å². The molecule has 3 rings (SSSR count). The highest BCUT2D eigenvalue weighted by Gasteiger charge is 2.32. The van der Waals surface area contributed by atoms with E-state index < -0.39 is 27.4 Å². The van der Waals surface area contributed by atoms with Crippen LogP contribution in [-0.2, 0) is 14.8 Å². The van der Waals surface area contributed by atoms with E-state index in [-0.39, 0.29) is 5.95 Å². The normalized spacial score (nSPS) is 14.7. The molecule has 0 aliphatic heterocycles. The quantitative estimate of drug-likeness (QED) is 0.510. The van der Waals surface area contributed by atoms with Crippen molar-refractivity contribution in [1.29, 1.82) is 0 Å². The lowest BCUT2D eigenvalue weighted by Crippen LogP contribution is -2.32. The van der Waals surface area contributed by atoms with Crippen LogP contribution in [-0.4, -0.2) is 50.5 Å². The number of pyridine rings is 1. The van der Waals surface area contributed by atoms with Gasteiger partial charge in [-0.3, -0.25) is 14.3 Å². The van der Waals surface area contributed by atoms with Crippen molar-refractivity contribution in [3.8, 4) is 11.5 Å². The fourth-order valence-corrected chi connectivity index (χ4v) is 4.35. The molecule has 0 spiro atoms. The van der Waals surface area contributed by atoms with Crippen molar-refractivity contribution in [2.45, 2.75) is 44.6 Å². The maximum Gasteiger partial charge on any atom is 0.240 e. The number of rotatable bonds is 9. The summed E-state index contributed by atoms with van der Waals surface area (Å²) in [6, 6.07) is 5.36. The highest BCUT2D eigenvalue weighted by atomic mass is 35.5. The summed E-state index contributed by atoms with van der Waals surface area (Å²) in [5.74, 6) is 0.325. The van der Waals surface area contributed by atoms with Crippen LogP contribution >= 0.6 is 11.6 Å². The van der Waals surface area contributed by atoms with Crippen molar-refractivity contribution in [1.82, 2.24) is 29.7 Å². The van der Waals surface area contributed by atoms with Crippen LogP contribution in [0.2, 0.25) is 5.02 Å². The Morgan fingerprint density at radius 2 is 1.87 bits per heavy atom. The van der Waals surface area contributed by atoms with Crippen molar-refractivity contribution in [3.05, 3.63) is 47.6 Å². The number of hydrogen-bond acceptors (Lipinski definition) is 8. The Hall–Kier alpha value is -2.63. The number of halogens is 1. The molecule has 1 N–H and O–H groups in total. The summed E-state index contributed by atoms with van der Waals surface area (Å²) in [4.78, 5) is 12.6. The van der Waals surface area contributed by atoms with Crippen molar-refractivity contribution >= 4 is 27.6 Å². The lowest BCUT2D eigenvalue weighted by atomic mass is 10.1. The molecule has 3 atom stereocenters. The summed E-state index contributed by atoms with van der Waals surface area (Å²) in [7, 11) is -2.34. The Labute approximate surface area is 186 Å². The highest BCUT2D eigenvalue weighted by Crippen LogP contribution is 2.28. The Balaban J connectivity index is 1.95. The van der Waals surface area contributed by atoms with E-state index in [1.54, 1.807) is 36.7 Å². The highest BCUT2D eigenvalue weighted by molar-refractivity contribution is 7.93. The van der Waals surface area contributed by atoms with Gasteiger partial charge in [0.05, 0.1) is 10.3 Å². The zero-order valence-corrected chi connectivity index (χ0v) is 19.2. The molecule has 0 aliphatic rings. The van der Waals surface area contributed by atoms with E-state index in [1.165, 1.54) is 19.5 Å². The minimum Gasteiger partial charge on any atom is -0.361 e. The monoisotopic (exact) mass is 465 g/mol. The van der Waals surface area contributed by atoms with E-state index in [0.29, 0.717) is 28.8 Å². The molecule has 3 aromatic rings. The van der Waals surface area contributed by atoms with Crippen molar-refractivity contribution in [3.63, 3.8) is 0 Å². The summed E-state index contributed by atoms with van der Waals surface area (Å²) in [5, 5.41) is 7.76. The second kappa shape index (κ2) is 9.67. The van der Waals surface area contributed by atoms with Crippen LogP contribution in [0.5, 0.6) is 0 Å². The van der Waals surface area contributed by atoms with Crippen LogP contribution < -0.4 is 4.72 Å². The van der Waals surface area contributed by atoms with Gasteiger partial charge >= 0.3 is 0 Å². The molecule has 0 aromatic carbocycles. The average Bonchev–Trinajstić information content (AvgIpc) is 3.17. The molecule has 3 heterocycles. The van der Waals surface area contributed by atoms with Gasteiger partial charge in [0.15, 0.2) is 5.82 Å². The standard InChI is InChI=1S/C19H24ClN7O3S/c1-5-16(30-4)27-18(15-8-6-7-9-21-15)24-25-19(27)26-31(28,29)13(3)12(2)17-22-10-14(20)11-23-17/h6-13,16H,5H2,1-4H3,(H,25,26)/t12-,13-,16?/m0/s1. The Kier molecular flexibility index (Phi) is 7.19. The lowest BCUT2D eigenvalue weighted by molar-refractivity contribution is 0.0438. The van der Waals surface area contributed by atoms with Gasteiger partial charge in [-0.15, -0.1) is 10.2 Å². The molecule has 31 heavy (non-hydrogen) atoms. The van der Waals surface area contributed by atoms with Crippen LogP contribution in [0, 0.1) is 0 Å². The Bertz CT molecular complexity index is 1100. The van der Waals surface area contributed by atoms with Gasteiger partial charge in [-0.05, 0) is 25.5 Å². The SMILES string of the molecule is CCC(OC)n1c(NS(=O)(=O)[C@@H](C)[C@H](C)c2ncc(Cl)cn2)nnc1-c1ccccn1. The van der Waals surface area contributed by atoms with Crippen LogP contribution in [0.4, 0.5) is 5.95 Å². The number of sulfonamides is 1. The second-order valence-electron chi connectivity index (χ2n) is 6.93. The summed E-state index contributed by atoms with van der Waals surface area (Å²) in [6.45, 7) is 5.23. The fraction of sp³-hybridized carbons (Fsp3) is 0.421. The van der Waals surface area contributed by atoms with Crippen molar-refractivity contribution in [2.24, 2.45) is 0 Å². The van der Waals surface area contributed by atoms with E-state index in [1.807, 2.05) is 13.0 Å². The molecule has 3 aromatic heterocycles. The molecular formula is C19H24ClN7O3S. The number of aromatic nitrogens is 6. The first-order valence-electron chi connectivity index (χ1n) is 9.66. The van der Waals surface area contributed by atoms with E-state index >= 15 is 0 Å². The third kappa shape index (κ3) is 5.00. The number of nitrogens with one attached hydrogen (secondary N) is 1. The van der Waals surface area contributed by atoms with Crippen LogP contribution in [0.15, 0.2) is 36.8 Å². The zero-order valence-electron chi connectivity index (χ0n) is 17.6. The number of methoxy groups -OCH3 is 1. The number of hydrogen-bond donors (Lipinski definition) is 1. The summed E-state index contributed by atoms with van der Waals surface area (Å²) < 4.78 is 36.0. The summed E-state index contributed by atoms with van der Waals surface area (Å²) >= 11 is 5.83. The topological polar surface area (TPSA) is 125 Å². The van der Waals surface area contributed by atoms with E-state index in [2.05, 4.69) is 29.9 Å². The zero-order chi connectivity index (χ0) is 22.6. The summed E-state index contributed by atoms with van der Waals surface area (Å²) in [5.41, 5.74) is 0.548. The lowest BCUT2D eigenvalue weighted by Gasteiger charge is -2.22. The van der Waals surface area contributed by atoms with Crippen molar-refractivity contribution in [2.75, 3.05) is 11.8 Å². The number of ether oxygens (including phenoxy) is 1. The van der Waals surface area contributed by atoms with Gasteiger partial charge in [0.1, 0.15) is 17.7 Å². The summed E-state index contributed by atoms with van der Waals surface area (Å²) in [6.07, 6.45) is 4.58. The van der Waals surface area contributed by atoms with Gasteiger partial charge in [0.2, 0.25) is 16.0 Å². The smallest absolute Gasteiger partial charge is 0.240 e.